The minimum Gasteiger partial charge on any atom is -0.268 e. The van der Waals surface area contributed by atoms with Gasteiger partial charge in [0, 0.05) is 21.4 Å². The maximum Gasteiger partial charge on any atom is 0.266 e. The van der Waals surface area contributed by atoms with Gasteiger partial charge < -0.3 is 0 Å². The van der Waals surface area contributed by atoms with E-state index < -0.39 is 15.9 Å². The summed E-state index contributed by atoms with van der Waals surface area (Å²) < 4.78 is 24.2. The quantitative estimate of drug-likeness (QED) is 0.775. The zero-order valence-electron chi connectivity index (χ0n) is 11.3. The number of amides is 1. The molecule has 0 aliphatic carbocycles. The van der Waals surface area contributed by atoms with Crippen LogP contribution in [0.4, 0.5) is 0 Å². The Hall–Kier alpha value is -0.730. The molecule has 4 nitrogen and oxygen atoms in total. The van der Waals surface area contributed by atoms with Crippen molar-refractivity contribution in [3.05, 3.63) is 50.1 Å². The molecule has 2 aromatic rings. The number of halogens is 2. The molecule has 1 heterocycles. The van der Waals surface area contributed by atoms with Crippen molar-refractivity contribution in [2.75, 3.05) is 6.26 Å². The summed E-state index contributed by atoms with van der Waals surface area (Å²) in [5.74, 6) is -0.0346. The average molecular weight is 396 g/mol. The van der Waals surface area contributed by atoms with Crippen LogP contribution in [0, 0.1) is 0 Å². The maximum absolute atomic E-state index is 11.9. The van der Waals surface area contributed by atoms with Crippen molar-refractivity contribution < 1.29 is 13.2 Å². The van der Waals surface area contributed by atoms with E-state index in [1.807, 2.05) is 10.8 Å². The van der Waals surface area contributed by atoms with Gasteiger partial charge in [-0.2, -0.15) is 11.3 Å². The van der Waals surface area contributed by atoms with E-state index >= 15 is 0 Å². The van der Waals surface area contributed by atoms with Crippen molar-refractivity contribution in [1.82, 2.24) is 4.72 Å². The first-order valence-corrected chi connectivity index (χ1v) is 10.5. The van der Waals surface area contributed by atoms with E-state index in [-0.39, 0.29) is 0 Å². The second kappa shape index (κ2) is 7.23. The summed E-state index contributed by atoms with van der Waals surface area (Å²) >= 11 is 14.6. The first-order chi connectivity index (χ1) is 10.3. The lowest BCUT2D eigenvalue weighted by Crippen LogP contribution is -2.29. The minimum absolute atomic E-state index is 0.348. The number of sulfonamides is 1. The number of nitrogens with one attached hydrogen (secondary N) is 1. The fourth-order valence-corrected chi connectivity index (χ4v) is 4.35. The summed E-state index contributed by atoms with van der Waals surface area (Å²) in [5.41, 5.74) is 1.31. The monoisotopic (exact) mass is 395 g/mol. The van der Waals surface area contributed by atoms with Crippen molar-refractivity contribution >= 4 is 62.2 Å². The van der Waals surface area contributed by atoms with Crippen molar-refractivity contribution in [1.29, 1.82) is 0 Å². The van der Waals surface area contributed by atoms with Crippen LogP contribution < -0.4 is 4.72 Å². The highest BCUT2D eigenvalue weighted by molar-refractivity contribution is 7.98. The van der Waals surface area contributed by atoms with E-state index in [1.165, 1.54) is 23.1 Å². The molecule has 1 aromatic carbocycles. The SMILES string of the molecule is CS(=O)(=O)NC(=O)c1cscc1SCc1ccc(Cl)c(Cl)c1. The highest BCUT2D eigenvalue weighted by Crippen LogP contribution is 2.31. The van der Waals surface area contributed by atoms with Gasteiger partial charge in [0.2, 0.25) is 10.0 Å². The molecule has 0 unspecified atom stereocenters. The Bertz CT molecular complexity index is 803. The fourth-order valence-electron chi connectivity index (χ4n) is 1.58. The van der Waals surface area contributed by atoms with E-state index in [9.17, 15) is 13.2 Å². The van der Waals surface area contributed by atoms with Crippen molar-refractivity contribution in [3.8, 4) is 0 Å². The molecule has 0 radical (unpaired) electrons. The molecule has 0 saturated carbocycles. The van der Waals surface area contributed by atoms with Gasteiger partial charge in [0.15, 0.2) is 0 Å². The number of carbonyl (C=O) groups excluding carboxylic acids is 1. The molecule has 0 aliphatic rings. The fraction of sp³-hybridized carbons (Fsp3) is 0.154. The molecule has 22 heavy (non-hydrogen) atoms. The van der Waals surface area contributed by atoms with Gasteiger partial charge in [-0.3, -0.25) is 4.79 Å². The zero-order chi connectivity index (χ0) is 16.3. The van der Waals surface area contributed by atoms with Crippen LogP contribution in [0.2, 0.25) is 10.0 Å². The Kier molecular flexibility index (Phi) is 5.79. The van der Waals surface area contributed by atoms with Crippen LogP contribution in [0.15, 0.2) is 33.9 Å². The molecule has 0 saturated heterocycles. The first kappa shape index (κ1) is 17.6. The minimum atomic E-state index is -3.58. The molecular weight excluding hydrogens is 385 g/mol. The van der Waals surface area contributed by atoms with Gasteiger partial charge in [0.25, 0.3) is 5.91 Å². The topological polar surface area (TPSA) is 63.2 Å². The van der Waals surface area contributed by atoms with Crippen molar-refractivity contribution in [3.63, 3.8) is 0 Å². The lowest BCUT2D eigenvalue weighted by atomic mass is 10.2. The average Bonchev–Trinajstić information content (AvgIpc) is 2.87. The second-order valence-electron chi connectivity index (χ2n) is 4.39. The largest absolute Gasteiger partial charge is 0.268 e. The van der Waals surface area contributed by atoms with E-state index in [2.05, 4.69) is 0 Å². The van der Waals surface area contributed by atoms with Gasteiger partial charge in [-0.25, -0.2) is 13.1 Å². The van der Waals surface area contributed by atoms with E-state index in [4.69, 9.17) is 23.2 Å². The normalized spacial score (nSPS) is 11.4. The Labute approximate surface area is 146 Å². The summed E-state index contributed by atoms with van der Waals surface area (Å²) in [6, 6.07) is 5.33. The summed E-state index contributed by atoms with van der Waals surface area (Å²) in [6.45, 7) is 0. The summed E-state index contributed by atoms with van der Waals surface area (Å²) in [7, 11) is -3.58. The first-order valence-electron chi connectivity index (χ1n) is 5.91. The van der Waals surface area contributed by atoms with Crippen LogP contribution >= 0.6 is 46.3 Å². The van der Waals surface area contributed by atoms with Crippen LogP contribution in [0.1, 0.15) is 15.9 Å². The van der Waals surface area contributed by atoms with Crippen LogP contribution in [-0.4, -0.2) is 20.6 Å². The number of hydrogen-bond donors (Lipinski definition) is 1. The smallest absolute Gasteiger partial charge is 0.266 e. The van der Waals surface area contributed by atoms with Gasteiger partial charge in [-0.15, -0.1) is 11.8 Å². The van der Waals surface area contributed by atoms with Crippen molar-refractivity contribution in [2.45, 2.75) is 10.6 Å². The predicted molar refractivity (Wildman–Crippen MR) is 92.7 cm³/mol. The Balaban J connectivity index is 2.10. The summed E-state index contributed by atoms with van der Waals surface area (Å²) in [5, 5.41) is 4.39. The third kappa shape index (κ3) is 4.89. The third-order valence-corrected chi connectivity index (χ3v) is 5.84. The molecule has 118 valence electrons. The van der Waals surface area contributed by atoms with Gasteiger partial charge in [0.1, 0.15) is 0 Å². The molecule has 0 fully saturated rings. The molecular formula is C13H11Cl2NO3S3. The van der Waals surface area contributed by atoms with Gasteiger partial charge in [-0.1, -0.05) is 29.3 Å². The van der Waals surface area contributed by atoms with Gasteiger partial charge >= 0.3 is 0 Å². The highest BCUT2D eigenvalue weighted by Gasteiger charge is 2.16. The maximum atomic E-state index is 11.9. The lowest BCUT2D eigenvalue weighted by Gasteiger charge is -2.05. The van der Waals surface area contributed by atoms with Gasteiger partial charge in [-0.05, 0) is 17.7 Å². The molecule has 1 N–H and O–H groups in total. The Morgan fingerprint density at radius 3 is 2.64 bits per heavy atom. The Morgan fingerprint density at radius 2 is 2.00 bits per heavy atom. The Morgan fingerprint density at radius 1 is 1.27 bits per heavy atom. The van der Waals surface area contributed by atoms with E-state index in [0.29, 0.717) is 21.4 Å². The van der Waals surface area contributed by atoms with E-state index in [1.54, 1.807) is 22.9 Å². The third-order valence-electron chi connectivity index (χ3n) is 2.53. The van der Waals surface area contributed by atoms with Crippen LogP contribution in [0.3, 0.4) is 0 Å². The number of thiophene rings is 1. The van der Waals surface area contributed by atoms with Crippen LogP contribution in [0.25, 0.3) is 0 Å². The number of benzene rings is 1. The summed E-state index contributed by atoms with van der Waals surface area (Å²) in [4.78, 5) is 12.6. The number of hydrogen-bond acceptors (Lipinski definition) is 5. The lowest BCUT2D eigenvalue weighted by molar-refractivity contribution is 0.0979. The van der Waals surface area contributed by atoms with Crippen molar-refractivity contribution in [2.24, 2.45) is 0 Å². The second-order valence-corrected chi connectivity index (χ2v) is 8.71. The molecule has 0 aliphatic heterocycles. The molecule has 0 bridgehead atoms. The highest BCUT2D eigenvalue weighted by atomic mass is 35.5. The molecule has 1 aromatic heterocycles. The van der Waals surface area contributed by atoms with E-state index in [0.717, 1.165) is 16.7 Å². The van der Waals surface area contributed by atoms with Crippen LogP contribution in [0.5, 0.6) is 0 Å². The number of rotatable bonds is 5. The molecule has 1 amide bonds. The molecule has 2 rings (SSSR count). The zero-order valence-corrected chi connectivity index (χ0v) is 15.3. The van der Waals surface area contributed by atoms with Crippen LogP contribution in [-0.2, 0) is 15.8 Å². The number of carbonyl (C=O) groups is 1. The number of thioether (sulfide) groups is 1. The summed E-state index contributed by atoms with van der Waals surface area (Å²) in [6.07, 6.45) is 0.944. The molecule has 0 atom stereocenters. The predicted octanol–water partition coefficient (Wildman–Crippen LogP) is 4.04. The molecule has 0 spiro atoms. The standard InChI is InChI=1S/C13H11Cl2NO3S3/c1-22(18,19)16-13(17)9-6-20-7-12(9)21-5-8-2-3-10(14)11(15)4-8/h2-4,6-7H,5H2,1H3,(H,16,17). The van der Waals surface area contributed by atoms with Gasteiger partial charge in [0.05, 0.1) is 21.9 Å². The molecule has 9 heteroatoms.